The minimum Gasteiger partial charge on any atom is -0.354 e. The van der Waals surface area contributed by atoms with Crippen molar-refractivity contribution in [1.82, 2.24) is 10.2 Å². The number of likely N-dealkylation sites (N-methyl/N-ethyl adjacent to an activating group) is 1. The number of anilines is 1. The lowest BCUT2D eigenvalue weighted by Gasteiger charge is -2.38. The van der Waals surface area contributed by atoms with Gasteiger partial charge in [0.15, 0.2) is 0 Å². The number of hydrogen-bond donors (Lipinski definition) is 1. The van der Waals surface area contributed by atoms with Crippen LogP contribution in [0.5, 0.6) is 0 Å². The third kappa shape index (κ3) is 5.40. The van der Waals surface area contributed by atoms with Crippen LogP contribution in [0.1, 0.15) is 29.5 Å². The number of benzene rings is 2. The number of rotatable bonds is 6. The standard InChI is InChI=1S/C26H24F3N5O2/c1-16-21(15-31)22(18-9-7-17(14-30)8-10-18)23(24(35)32-11-12-33(2)3)25(36)34(16)20-6-4-5-19(13-20)26(27,28)29/h4-10,13,22-23H,11-12H2,1-3H3,(H,32,35). The largest absolute Gasteiger partial charge is 0.416 e. The summed E-state index contributed by atoms with van der Waals surface area (Å²) in [6, 6.07) is 14.4. The SMILES string of the molecule is CC1=C(C#N)C(c2ccc(C#N)cc2)C(C(=O)NCCN(C)C)C(=O)N1c1cccc(C(F)(F)F)c1. The number of alkyl halides is 3. The molecule has 0 saturated heterocycles. The van der Waals surface area contributed by atoms with Crippen molar-refractivity contribution >= 4 is 17.5 Å². The molecule has 7 nitrogen and oxygen atoms in total. The van der Waals surface area contributed by atoms with E-state index in [0.29, 0.717) is 17.7 Å². The quantitative estimate of drug-likeness (QED) is 0.615. The molecule has 2 unspecified atom stereocenters. The van der Waals surface area contributed by atoms with Gasteiger partial charge in [-0.3, -0.25) is 14.5 Å². The van der Waals surface area contributed by atoms with E-state index in [1.807, 2.05) is 25.1 Å². The highest BCUT2D eigenvalue weighted by Gasteiger charge is 2.46. The molecule has 0 bridgehead atoms. The molecule has 0 aliphatic carbocycles. The predicted molar refractivity (Wildman–Crippen MR) is 126 cm³/mol. The molecule has 186 valence electrons. The fourth-order valence-electron chi connectivity index (χ4n) is 4.15. The van der Waals surface area contributed by atoms with E-state index < -0.39 is 35.4 Å². The summed E-state index contributed by atoms with van der Waals surface area (Å²) < 4.78 is 40.1. The minimum absolute atomic E-state index is 0.0736. The van der Waals surface area contributed by atoms with E-state index in [1.54, 1.807) is 12.1 Å². The Balaban J connectivity index is 2.17. The average molecular weight is 496 g/mol. The van der Waals surface area contributed by atoms with E-state index in [9.17, 15) is 28.0 Å². The molecule has 0 spiro atoms. The summed E-state index contributed by atoms with van der Waals surface area (Å²) in [5, 5.41) is 21.9. The Bertz CT molecular complexity index is 1270. The molecule has 0 fully saturated rings. The molecule has 3 rings (SSSR count). The first-order valence-electron chi connectivity index (χ1n) is 11.0. The summed E-state index contributed by atoms with van der Waals surface area (Å²) in [5.41, 5.74) is -0.0184. The zero-order valence-electron chi connectivity index (χ0n) is 19.9. The summed E-state index contributed by atoms with van der Waals surface area (Å²) in [4.78, 5) is 29.9. The number of amides is 2. The van der Waals surface area contributed by atoms with Gasteiger partial charge in [0.2, 0.25) is 11.8 Å². The zero-order valence-corrected chi connectivity index (χ0v) is 19.9. The van der Waals surface area contributed by atoms with E-state index >= 15 is 0 Å². The summed E-state index contributed by atoms with van der Waals surface area (Å²) in [7, 11) is 3.62. The van der Waals surface area contributed by atoms with Crippen molar-refractivity contribution in [2.24, 2.45) is 5.92 Å². The Morgan fingerprint density at radius 3 is 2.33 bits per heavy atom. The topological polar surface area (TPSA) is 100 Å². The Hall–Kier alpha value is -4.15. The number of nitriles is 2. The van der Waals surface area contributed by atoms with Gasteiger partial charge in [0.05, 0.1) is 28.8 Å². The van der Waals surface area contributed by atoms with Gasteiger partial charge in [-0.1, -0.05) is 18.2 Å². The Morgan fingerprint density at radius 2 is 1.78 bits per heavy atom. The lowest BCUT2D eigenvalue weighted by molar-refractivity contribution is -0.138. The van der Waals surface area contributed by atoms with Crippen LogP contribution in [0.15, 0.2) is 59.8 Å². The monoisotopic (exact) mass is 495 g/mol. The predicted octanol–water partition coefficient (Wildman–Crippen LogP) is 3.80. The van der Waals surface area contributed by atoms with Crippen LogP contribution in [0.3, 0.4) is 0 Å². The van der Waals surface area contributed by atoms with Crippen LogP contribution in [-0.4, -0.2) is 43.9 Å². The Labute approximate surface area is 207 Å². The minimum atomic E-state index is -4.64. The summed E-state index contributed by atoms with van der Waals surface area (Å²) >= 11 is 0. The molecule has 1 aliphatic rings. The molecule has 2 atom stereocenters. The highest BCUT2D eigenvalue weighted by atomic mass is 19.4. The first-order valence-corrected chi connectivity index (χ1v) is 11.0. The van der Waals surface area contributed by atoms with Crippen LogP contribution < -0.4 is 10.2 Å². The molecule has 10 heteroatoms. The fourth-order valence-corrected chi connectivity index (χ4v) is 4.15. The molecule has 2 aromatic rings. The summed E-state index contributed by atoms with van der Waals surface area (Å²) in [5.74, 6) is -3.78. The molecular weight excluding hydrogens is 471 g/mol. The van der Waals surface area contributed by atoms with Crippen LogP contribution in [0.4, 0.5) is 18.9 Å². The first-order chi connectivity index (χ1) is 17.0. The van der Waals surface area contributed by atoms with Crippen molar-refractivity contribution in [3.05, 3.63) is 76.5 Å². The van der Waals surface area contributed by atoms with Gasteiger partial charge in [-0.25, -0.2) is 0 Å². The Morgan fingerprint density at radius 1 is 1.11 bits per heavy atom. The number of carbonyl (C=O) groups is 2. The van der Waals surface area contributed by atoms with Crippen LogP contribution >= 0.6 is 0 Å². The van der Waals surface area contributed by atoms with Gasteiger partial charge in [0, 0.05) is 30.4 Å². The lowest BCUT2D eigenvalue weighted by Crippen LogP contribution is -2.50. The normalized spacial score (nSPS) is 18.1. The van der Waals surface area contributed by atoms with Gasteiger partial charge in [0.1, 0.15) is 5.92 Å². The van der Waals surface area contributed by atoms with Gasteiger partial charge >= 0.3 is 6.18 Å². The maximum absolute atomic E-state index is 13.8. The highest BCUT2D eigenvalue weighted by molar-refractivity contribution is 6.12. The molecule has 1 heterocycles. The number of carbonyl (C=O) groups excluding carboxylic acids is 2. The molecule has 0 saturated carbocycles. The van der Waals surface area contributed by atoms with E-state index in [1.165, 1.54) is 31.2 Å². The number of allylic oxidation sites excluding steroid dienone is 2. The highest BCUT2D eigenvalue weighted by Crippen LogP contribution is 2.43. The van der Waals surface area contributed by atoms with Crippen molar-refractivity contribution in [1.29, 1.82) is 10.5 Å². The molecule has 1 aliphatic heterocycles. The fraction of sp³-hybridized carbons (Fsp3) is 0.308. The second-order valence-corrected chi connectivity index (χ2v) is 8.62. The van der Waals surface area contributed by atoms with Crippen molar-refractivity contribution < 1.29 is 22.8 Å². The molecule has 2 aromatic carbocycles. The van der Waals surface area contributed by atoms with Gasteiger partial charge in [0.25, 0.3) is 0 Å². The van der Waals surface area contributed by atoms with Crippen molar-refractivity contribution in [2.75, 3.05) is 32.1 Å². The second-order valence-electron chi connectivity index (χ2n) is 8.62. The molecule has 0 aromatic heterocycles. The molecule has 0 radical (unpaired) electrons. The van der Waals surface area contributed by atoms with Gasteiger partial charge < -0.3 is 10.2 Å². The molecule has 1 N–H and O–H groups in total. The van der Waals surface area contributed by atoms with Crippen LogP contribution in [0, 0.1) is 28.6 Å². The van der Waals surface area contributed by atoms with E-state index in [0.717, 1.165) is 17.0 Å². The zero-order chi connectivity index (χ0) is 26.6. The third-order valence-corrected chi connectivity index (χ3v) is 5.95. The number of hydrogen-bond acceptors (Lipinski definition) is 5. The van der Waals surface area contributed by atoms with Crippen LogP contribution in [0.2, 0.25) is 0 Å². The van der Waals surface area contributed by atoms with Crippen molar-refractivity contribution in [2.45, 2.75) is 19.0 Å². The number of halogens is 3. The maximum Gasteiger partial charge on any atom is 0.416 e. The van der Waals surface area contributed by atoms with Crippen molar-refractivity contribution in [3.8, 4) is 12.1 Å². The third-order valence-electron chi connectivity index (χ3n) is 5.95. The Kier molecular flexibility index (Phi) is 7.81. The van der Waals surface area contributed by atoms with E-state index in [-0.39, 0.29) is 23.5 Å². The van der Waals surface area contributed by atoms with Crippen LogP contribution in [0.25, 0.3) is 0 Å². The second kappa shape index (κ2) is 10.6. The first kappa shape index (κ1) is 26.5. The van der Waals surface area contributed by atoms with Crippen LogP contribution in [-0.2, 0) is 15.8 Å². The van der Waals surface area contributed by atoms with Gasteiger partial charge in [-0.05, 0) is 56.9 Å². The lowest BCUT2D eigenvalue weighted by atomic mass is 9.75. The molecule has 36 heavy (non-hydrogen) atoms. The van der Waals surface area contributed by atoms with Crippen molar-refractivity contribution in [3.63, 3.8) is 0 Å². The van der Waals surface area contributed by atoms with E-state index in [4.69, 9.17) is 5.26 Å². The molecular formula is C26H24F3N5O2. The average Bonchev–Trinajstić information content (AvgIpc) is 2.83. The van der Waals surface area contributed by atoms with E-state index in [2.05, 4.69) is 11.4 Å². The summed E-state index contributed by atoms with van der Waals surface area (Å²) in [6.45, 7) is 2.18. The number of nitrogens with zero attached hydrogens (tertiary/aromatic N) is 4. The molecule has 2 amide bonds. The number of nitrogens with one attached hydrogen (secondary N) is 1. The smallest absolute Gasteiger partial charge is 0.354 e. The maximum atomic E-state index is 13.8. The van der Waals surface area contributed by atoms with Gasteiger partial charge in [-0.15, -0.1) is 0 Å². The summed E-state index contributed by atoms with van der Waals surface area (Å²) in [6.07, 6.45) is -4.64. The van der Waals surface area contributed by atoms with Gasteiger partial charge in [-0.2, -0.15) is 23.7 Å².